The molecule has 1 aliphatic rings. The Morgan fingerprint density at radius 2 is 1.85 bits per heavy atom. The summed E-state index contributed by atoms with van der Waals surface area (Å²) in [4.78, 5) is 25.2. The van der Waals surface area contributed by atoms with Gasteiger partial charge in [0.2, 0.25) is 5.88 Å². The topological polar surface area (TPSA) is 91.1 Å². The molecule has 1 aromatic carbocycles. The summed E-state index contributed by atoms with van der Waals surface area (Å²) in [5.41, 5.74) is 4.23. The average molecular weight is 564 g/mol. The number of fused-ring (bicyclic) bond motifs is 1. The molecule has 10 heteroatoms. The number of thiazole rings is 1. The lowest BCUT2D eigenvalue weighted by Crippen LogP contribution is -2.41. The third-order valence-corrected chi connectivity index (χ3v) is 8.31. The monoisotopic (exact) mass is 563 g/mol. The van der Waals surface area contributed by atoms with E-state index in [4.69, 9.17) is 29.3 Å². The van der Waals surface area contributed by atoms with Gasteiger partial charge in [0.25, 0.3) is 0 Å². The number of piperidine rings is 1. The molecule has 0 radical (unpaired) electrons. The maximum absolute atomic E-state index is 12.6. The SMILES string of the molecule is CCc1nc(C)c(-c2cnn3c(C4CCN(C(=O)OC(C)(C)C)CC4)cc(OCc4ccc(OC)cc4)nc23)s1. The van der Waals surface area contributed by atoms with Crippen molar-refractivity contribution >= 4 is 23.1 Å². The molecule has 0 saturated carbocycles. The summed E-state index contributed by atoms with van der Waals surface area (Å²) in [5.74, 6) is 1.54. The van der Waals surface area contributed by atoms with Crippen LogP contribution in [0.5, 0.6) is 11.6 Å². The van der Waals surface area contributed by atoms with Crippen LogP contribution >= 0.6 is 11.3 Å². The first-order valence-corrected chi connectivity index (χ1v) is 14.6. The Morgan fingerprint density at radius 3 is 2.48 bits per heavy atom. The molecule has 212 valence electrons. The van der Waals surface area contributed by atoms with Crippen LogP contribution in [0.2, 0.25) is 0 Å². The number of carbonyl (C=O) groups excluding carboxylic acids is 1. The second-order valence-electron chi connectivity index (χ2n) is 11.1. The zero-order valence-corrected chi connectivity index (χ0v) is 24.9. The van der Waals surface area contributed by atoms with Crippen LogP contribution < -0.4 is 9.47 Å². The number of likely N-dealkylation sites (tertiary alicyclic amines) is 1. The van der Waals surface area contributed by atoms with Crippen LogP contribution in [0.15, 0.2) is 36.5 Å². The molecular weight excluding hydrogens is 526 g/mol. The zero-order valence-electron chi connectivity index (χ0n) is 24.1. The van der Waals surface area contributed by atoms with Gasteiger partial charge in [-0.1, -0.05) is 19.1 Å². The van der Waals surface area contributed by atoms with E-state index in [1.807, 2.05) is 68.7 Å². The van der Waals surface area contributed by atoms with Gasteiger partial charge in [0.05, 0.1) is 40.1 Å². The number of amides is 1. The number of hydrogen-bond acceptors (Lipinski definition) is 8. The van der Waals surface area contributed by atoms with Gasteiger partial charge in [0.15, 0.2) is 5.65 Å². The van der Waals surface area contributed by atoms with Gasteiger partial charge in [-0.05, 0) is 64.7 Å². The van der Waals surface area contributed by atoms with Crippen LogP contribution in [-0.2, 0) is 17.8 Å². The van der Waals surface area contributed by atoms with Crippen molar-refractivity contribution in [1.29, 1.82) is 0 Å². The fourth-order valence-corrected chi connectivity index (χ4v) is 5.91. The first kappa shape index (κ1) is 27.9. The van der Waals surface area contributed by atoms with Crippen molar-refractivity contribution in [1.82, 2.24) is 24.5 Å². The molecular formula is C30H37N5O4S. The number of nitrogens with zero attached hydrogens (tertiary/aromatic N) is 5. The Morgan fingerprint density at radius 1 is 1.12 bits per heavy atom. The predicted molar refractivity (Wildman–Crippen MR) is 155 cm³/mol. The van der Waals surface area contributed by atoms with Crippen molar-refractivity contribution < 1.29 is 19.0 Å². The fraction of sp³-hybridized carbons (Fsp3) is 0.467. The van der Waals surface area contributed by atoms with Crippen molar-refractivity contribution in [2.45, 2.75) is 72.0 Å². The molecule has 1 saturated heterocycles. The molecule has 0 atom stereocenters. The van der Waals surface area contributed by atoms with Crippen LogP contribution in [-0.4, -0.2) is 56.4 Å². The summed E-state index contributed by atoms with van der Waals surface area (Å²) in [6.07, 6.45) is 4.10. The summed E-state index contributed by atoms with van der Waals surface area (Å²) < 4.78 is 19.1. The molecule has 9 nitrogen and oxygen atoms in total. The Balaban J connectivity index is 1.45. The summed E-state index contributed by atoms with van der Waals surface area (Å²) in [6.45, 7) is 11.4. The number of aromatic nitrogens is 4. The van der Waals surface area contributed by atoms with E-state index in [1.165, 1.54) is 0 Å². The van der Waals surface area contributed by atoms with Crippen molar-refractivity contribution in [3.63, 3.8) is 0 Å². The molecule has 0 bridgehead atoms. The van der Waals surface area contributed by atoms with Gasteiger partial charge in [-0.3, -0.25) is 0 Å². The summed E-state index contributed by atoms with van der Waals surface area (Å²) in [7, 11) is 1.65. The Labute approximate surface area is 239 Å². The highest BCUT2D eigenvalue weighted by molar-refractivity contribution is 7.15. The van der Waals surface area contributed by atoms with Crippen LogP contribution in [0.4, 0.5) is 4.79 Å². The van der Waals surface area contributed by atoms with Crippen molar-refractivity contribution in [2.24, 2.45) is 0 Å². The maximum atomic E-state index is 12.6. The Bertz CT molecular complexity index is 1480. The minimum atomic E-state index is -0.515. The van der Waals surface area contributed by atoms with Crippen LogP contribution in [0, 0.1) is 6.92 Å². The molecule has 40 heavy (non-hydrogen) atoms. The normalized spacial score (nSPS) is 14.5. The predicted octanol–water partition coefficient (Wildman–Crippen LogP) is 6.43. The van der Waals surface area contributed by atoms with Gasteiger partial charge in [-0.15, -0.1) is 11.3 Å². The first-order chi connectivity index (χ1) is 19.1. The average Bonchev–Trinajstić information content (AvgIpc) is 3.53. The Kier molecular flexibility index (Phi) is 7.98. The third kappa shape index (κ3) is 6.06. The molecule has 4 aromatic rings. The summed E-state index contributed by atoms with van der Waals surface area (Å²) in [6, 6.07) is 9.82. The van der Waals surface area contributed by atoms with Crippen LogP contribution in [0.1, 0.15) is 68.4 Å². The molecule has 0 unspecified atom stereocenters. The molecule has 1 fully saturated rings. The number of ether oxygens (including phenoxy) is 3. The van der Waals surface area contributed by atoms with Crippen molar-refractivity contribution in [3.8, 4) is 22.1 Å². The quantitative estimate of drug-likeness (QED) is 0.256. The lowest BCUT2D eigenvalue weighted by molar-refractivity contribution is 0.0203. The minimum absolute atomic E-state index is 0.189. The largest absolute Gasteiger partial charge is 0.497 e. The number of carbonyl (C=O) groups is 1. The van der Waals surface area contributed by atoms with Crippen LogP contribution in [0.25, 0.3) is 16.1 Å². The van der Waals surface area contributed by atoms with Gasteiger partial charge in [-0.25, -0.2) is 14.3 Å². The number of rotatable bonds is 7. The molecule has 1 aliphatic heterocycles. The van der Waals surface area contributed by atoms with E-state index in [0.29, 0.717) is 25.6 Å². The van der Waals surface area contributed by atoms with E-state index in [-0.39, 0.29) is 12.0 Å². The molecule has 5 rings (SSSR count). The lowest BCUT2D eigenvalue weighted by Gasteiger charge is -2.33. The third-order valence-electron chi connectivity index (χ3n) is 6.97. The van der Waals surface area contributed by atoms with E-state index in [0.717, 1.165) is 63.1 Å². The molecule has 0 spiro atoms. The number of aryl methyl sites for hydroxylation is 2. The van der Waals surface area contributed by atoms with Gasteiger partial charge in [0, 0.05) is 25.1 Å². The second-order valence-corrected chi connectivity index (χ2v) is 12.2. The maximum Gasteiger partial charge on any atom is 0.410 e. The second kappa shape index (κ2) is 11.4. The standard InChI is InChI=1S/C30H37N5O4S/c1-7-26-32-19(2)27(40-26)23-17-31-35-24(21-12-14-34(15-13-21)29(36)39-30(3,4)5)16-25(33-28(23)35)38-18-20-8-10-22(37-6)11-9-20/h8-11,16-17,21H,7,12-15,18H2,1-6H3. The van der Waals surface area contributed by atoms with E-state index >= 15 is 0 Å². The fourth-order valence-electron chi connectivity index (χ4n) is 4.90. The van der Waals surface area contributed by atoms with Gasteiger partial charge >= 0.3 is 6.09 Å². The molecule has 0 N–H and O–H groups in total. The van der Waals surface area contributed by atoms with Gasteiger partial charge in [-0.2, -0.15) is 10.1 Å². The zero-order chi connectivity index (χ0) is 28.4. The van der Waals surface area contributed by atoms with E-state index in [1.54, 1.807) is 23.3 Å². The number of methoxy groups -OCH3 is 1. The number of benzene rings is 1. The summed E-state index contributed by atoms with van der Waals surface area (Å²) in [5, 5.41) is 5.88. The van der Waals surface area contributed by atoms with E-state index < -0.39 is 5.60 Å². The summed E-state index contributed by atoms with van der Waals surface area (Å²) >= 11 is 1.69. The van der Waals surface area contributed by atoms with Gasteiger partial charge < -0.3 is 19.1 Å². The lowest BCUT2D eigenvalue weighted by atomic mass is 9.93. The molecule has 1 amide bonds. The Hall–Kier alpha value is -3.66. The molecule has 4 heterocycles. The minimum Gasteiger partial charge on any atom is -0.497 e. The first-order valence-electron chi connectivity index (χ1n) is 13.7. The van der Waals surface area contributed by atoms with Crippen molar-refractivity contribution in [3.05, 3.63) is 58.5 Å². The van der Waals surface area contributed by atoms with Crippen LogP contribution in [0.3, 0.4) is 0 Å². The smallest absolute Gasteiger partial charge is 0.410 e. The van der Waals surface area contributed by atoms with E-state index in [2.05, 4.69) is 6.92 Å². The molecule has 3 aromatic heterocycles. The van der Waals surface area contributed by atoms with Crippen molar-refractivity contribution in [2.75, 3.05) is 20.2 Å². The highest BCUT2D eigenvalue weighted by atomic mass is 32.1. The molecule has 0 aliphatic carbocycles. The number of hydrogen-bond donors (Lipinski definition) is 0. The van der Waals surface area contributed by atoms with E-state index in [9.17, 15) is 4.79 Å². The van der Waals surface area contributed by atoms with Gasteiger partial charge in [0.1, 0.15) is 18.0 Å². The highest BCUT2D eigenvalue weighted by Crippen LogP contribution is 2.36. The highest BCUT2D eigenvalue weighted by Gasteiger charge is 2.30.